The van der Waals surface area contributed by atoms with Crippen molar-refractivity contribution in [3.63, 3.8) is 0 Å². The zero-order valence-electron chi connectivity index (χ0n) is 19.3. The van der Waals surface area contributed by atoms with Gasteiger partial charge >= 0.3 is 0 Å². The number of hydrogen-bond acceptors (Lipinski definition) is 5. The SMILES string of the molecule is COCCC(=O)N1CCN(c2nc(C3CC3)c(Cc3ccccc3)c(C)c2C#N)C[C@H]1C. The van der Waals surface area contributed by atoms with Crippen LogP contribution in [0.2, 0.25) is 0 Å². The highest BCUT2D eigenvalue weighted by Crippen LogP contribution is 2.44. The molecular weight excluding hydrogens is 400 g/mol. The van der Waals surface area contributed by atoms with E-state index in [4.69, 9.17) is 9.72 Å². The van der Waals surface area contributed by atoms with Crippen LogP contribution in [0.4, 0.5) is 5.82 Å². The monoisotopic (exact) mass is 432 g/mol. The van der Waals surface area contributed by atoms with Crippen LogP contribution in [-0.2, 0) is 16.0 Å². The number of carbonyl (C=O) groups is 1. The van der Waals surface area contributed by atoms with Crippen LogP contribution >= 0.6 is 0 Å². The lowest BCUT2D eigenvalue weighted by atomic mass is 9.93. The van der Waals surface area contributed by atoms with Crippen LogP contribution in [0.3, 0.4) is 0 Å². The Morgan fingerprint density at radius 1 is 1.25 bits per heavy atom. The van der Waals surface area contributed by atoms with Crippen LogP contribution in [0.1, 0.15) is 60.1 Å². The zero-order chi connectivity index (χ0) is 22.7. The Morgan fingerprint density at radius 3 is 2.62 bits per heavy atom. The Kier molecular flexibility index (Phi) is 6.76. The summed E-state index contributed by atoms with van der Waals surface area (Å²) >= 11 is 0. The predicted molar refractivity (Wildman–Crippen MR) is 125 cm³/mol. The highest BCUT2D eigenvalue weighted by molar-refractivity contribution is 5.77. The highest BCUT2D eigenvalue weighted by Gasteiger charge is 2.34. The molecule has 1 aliphatic carbocycles. The molecule has 1 saturated heterocycles. The van der Waals surface area contributed by atoms with E-state index >= 15 is 0 Å². The van der Waals surface area contributed by atoms with Gasteiger partial charge in [-0.2, -0.15) is 5.26 Å². The summed E-state index contributed by atoms with van der Waals surface area (Å²) < 4.78 is 5.06. The fourth-order valence-corrected chi connectivity index (χ4v) is 4.68. The quantitative estimate of drug-likeness (QED) is 0.666. The first kappa shape index (κ1) is 22.3. The molecule has 2 fully saturated rings. The van der Waals surface area contributed by atoms with Crippen LogP contribution in [0.5, 0.6) is 0 Å². The molecule has 1 aliphatic heterocycles. The second-order valence-electron chi connectivity index (χ2n) is 8.97. The molecule has 1 atom stereocenters. The summed E-state index contributed by atoms with van der Waals surface area (Å²) in [5, 5.41) is 10.1. The van der Waals surface area contributed by atoms with Gasteiger partial charge in [0.25, 0.3) is 0 Å². The Hall–Kier alpha value is -2.91. The summed E-state index contributed by atoms with van der Waals surface area (Å²) in [6.07, 6.45) is 3.54. The van der Waals surface area contributed by atoms with Gasteiger partial charge in [-0.25, -0.2) is 4.98 Å². The Bertz CT molecular complexity index is 1010. The van der Waals surface area contributed by atoms with Gasteiger partial charge in [0.2, 0.25) is 5.91 Å². The molecular formula is C26H32N4O2. The van der Waals surface area contributed by atoms with Crippen molar-refractivity contribution < 1.29 is 9.53 Å². The van der Waals surface area contributed by atoms with E-state index in [0.717, 1.165) is 36.3 Å². The van der Waals surface area contributed by atoms with Crippen molar-refractivity contribution in [3.8, 4) is 6.07 Å². The van der Waals surface area contributed by atoms with Crippen LogP contribution in [0.15, 0.2) is 30.3 Å². The molecule has 1 saturated carbocycles. The van der Waals surface area contributed by atoms with Gasteiger partial charge in [-0.05, 0) is 49.8 Å². The number of anilines is 1. The number of pyridine rings is 1. The average Bonchev–Trinajstić information content (AvgIpc) is 3.64. The van der Waals surface area contributed by atoms with Crippen molar-refractivity contribution >= 4 is 11.7 Å². The third-order valence-electron chi connectivity index (χ3n) is 6.65. The summed E-state index contributed by atoms with van der Waals surface area (Å²) in [5.74, 6) is 1.41. The van der Waals surface area contributed by atoms with Gasteiger partial charge < -0.3 is 14.5 Å². The molecule has 0 spiro atoms. The maximum atomic E-state index is 12.5. The van der Waals surface area contributed by atoms with E-state index < -0.39 is 0 Å². The number of carbonyl (C=O) groups excluding carboxylic acids is 1. The minimum Gasteiger partial charge on any atom is -0.384 e. The maximum absolute atomic E-state index is 12.5. The summed E-state index contributed by atoms with van der Waals surface area (Å²) in [6, 6.07) is 12.9. The molecule has 6 nitrogen and oxygen atoms in total. The van der Waals surface area contributed by atoms with Gasteiger partial charge in [0.05, 0.1) is 18.6 Å². The van der Waals surface area contributed by atoms with Gasteiger partial charge in [0, 0.05) is 44.4 Å². The number of benzene rings is 1. The first-order valence-electron chi connectivity index (χ1n) is 11.5. The number of piperazine rings is 1. The number of nitrogens with zero attached hydrogens (tertiary/aromatic N) is 4. The number of nitriles is 1. The van der Waals surface area contributed by atoms with Gasteiger partial charge in [0.1, 0.15) is 11.9 Å². The predicted octanol–water partition coefficient (Wildman–Crippen LogP) is 3.80. The topological polar surface area (TPSA) is 69.5 Å². The molecule has 6 heteroatoms. The molecule has 0 N–H and O–H groups in total. The zero-order valence-corrected chi connectivity index (χ0v) is 19.3. The molecule has 32 heavy (non-hydrogen) atoms. The molecule has 0 radical (unpaired) electrons. The van der Waals surface area contributed by atoms with Crippen molar-refractivity contribution in [1.29, 1.82) is 5.26 Å². The van der Waals surface area contributed by atoms with E-state index in [1.165, 1.54) is 11.1 Å². The average molecular weight is 433 g/mol. The summed E-state index contributed by atoms with van der Waals surface area (Å²) in [6.45, 7) is 6.59. The molecule has 0 unspecified atom stereocenters. The minimum absolute atomic E-state index is 0.0649. The summed E-state index contributed by atoms with van der Waals surface area (Å²) in [5.41, 5.74) is 5.33. The molecule has 4 rings (SSSR count). The van der Waals surface area contributed by atoms with Gasteiger partial charge in [-0.1, -0.05) is 30.3 Å². The maximum Gasteiger partial charge on any atom is 0.225 e. The van der Waals surface area contributed by atoms with E-state index in [-0.39, 0.29) is 11.9 Å². The molecule has 1 aromatic heterocycles. The van der Waals surface area contributed by atoms with Crippen LogP contribution < -0.4 is 4.90 Å². The van der Waals surface area contributed by atoms with Crippen molar-refractivity contribution in [2.45, 2.75) is 51.5 Å². The Labute approximate surface area is 190 Å². The van der Waals surface area contributed by atoms with Crippen molar-refractivity contribution in [1.82, 2.24) is 9.88 Å². The Morgan fingerprint density at radius 2 is 2.00 bits per heavy atom. The van der Waals surface area contributed by atoms with E-state index in [1.807, 2.05) is 11.0 Å². The fraction of sp³-hybridized carbons (Fsp3) is 0.500. The number of rotatable bonds is 7. The lowest BCUT2D eigenvalue weighted by Gasteiger charge is -2.41. The first-order valence-corrected chi connectivity index (χ1v) is 11.5. The third-order valence-corrected chi connectivity index (χ3v) is 6.65. The number of amides is 1. The van der Waals surface area contributed by atoms with Crippen LogP contribution in [0, 0.1) is 18.3 Å². The summed E-state index contributed by atoms with van der Waals surface area (Å²) in [4.78, 5) is 21.8. The first-order chi connectivity index (χ1) is 15.5. The van der Waals surface area contributed by atoms with E-state index in [0.29, 0.717) is 44.1 Å². The molecule has 2 aromatic rings. The van der Waals surface area contributed by atoms with E-state index in [2.05, 4.69) is 49.1 Å². The molecule has 1 amide bonds. The van der Waals surface area contributed by atoms with Gasteiger partial charge in [-0.3, -0.25) is 4.79 Å². The Balaban J connectivity index is 1.62. The molecule has 2 aliphatic rings. The van der Waals surface area contributed by atoms with Gasteiger partial charge in [0.15, 0.2) is 0 Å². The third kappa shape index (κ3) is 4.63. The number of hydrogen-bond donors (Lipinski definition) is 0. The van der Waals surface area contributed by atoms with Crippen molar-refractivity contribution in [3.05, 3.63) is 58.3 Å². The molecule has 2 heterocycles. The smallest absolute Gasteiger partial charge is 0.225 e. The van der Waals surface area contributed by atoms with Crippen molar-refractivity contribution in [2.24, 2.45) is 0 Å². The fourth-order valence-electron chi connectivity index (χ4n) is 4.68. The van der Waals surface area contributed by atoms with Crippen molar-refractivity contribution in [2.75, 3.05) is 38.3 Å². The second kappa shape index (κ2) is 9.70. The lowest BCUT2D eigenvalue weighted by molar-refractivity contribution is -0.134. The second-order valence-corrected chi connectivity index (χ2v) is 8.97. The number of ether oxygens (including phenoxy) is 1. The lowest BCUT2D eigenvalue weighted by Crippen LogP contribution is -2.54. The highest BCUT2D eigenvalue weighted by atomic mass is 16.5. The molecule has 1 aromatic carbocycles. The normalized spacial score (nSPS) is 18.5. The van der Waals surface area contributed by atoms with Crippen LogP contribution in [-0.4, -0.2) is 55.2 Å². The largest absolute Gasteiger partial charge is 0.384 e. The van der Waals surface area contributed by atoms with Gasteiger partial charge in [-0.15, -0.1) is 0 Å². The van der Waals surface area contributed by atoms with Crippen LogP contribution in [0.25, 0.3) is 0 Å². The standard InChI is InChI=1S/C26H32N4O2/c1-18-17-29(12-13-30(18)24(31)11-14-32-3)26-23(16-27)19(2)22(25(28-26)21-9-10-21)15-20-7-5-4-6-8-20/h4-8,18,21H,9-15,17H2,1-3H3/t18-/m1/s1. The van der Waals surface area contributed by atoms with E-state index in [9.17, 15) is 10.1 Å². The van der Waals surface area contributed by atoms with E-state index in [1.54, 1.807) is 7.11 Å². The number of aromatic nitrogens is 1. The number of methoxy groups -OCH3 is 1. The summed E-state index contributed by atoms with van der Waals surface area (Å²) in [7, 11) is 1.62. The minimum atomic E-state index is 0.0649. The molecule has 168 valence electrons. The molecule has 0 bridgehead atoms.